The van der Waals surface area contributed by atoms with Gasteiger partial charge in [0, 0.05) is 31.0 Å². The molecule has 3 N–H and O–H groups in total. The van der Waals surface area contributed by atoms with Gasteiger partial charge in [0.1, 0.15) is 5.82 Å². The molecule has 1 aliphatic carbocycles. The molecule has 0 aromatic heterocycles. The van der Waals surface area contributed by atoms with E-state index >= 15 is 0 Å². The Bertz CT molecular complexity index is 617. The van der Waals surface area contributed by atoms with Crippen LogP contribution in [0.2, 0.25) is 0 Å². The van der Waals surface area contributed by atoms with Crippen LogP contribution in [-0.4, -0.2) is 38.0 Å². The average Bonchev–Trinajstić information content (AvgIpc) is 3.37. The highest BCUT2D eigenvalue weighted by Gasteiger charge is 2.45. The van der Waals surface area contributed by atoms with E-state index in [0.717, 1.165) is 24.9 Å². The first kappa shape index (κ1) is 22.7. The lowest BCUT2D eigenvalue weighted by Crippen LogP contribution is -2.42. The maximum Gasteiger partial charge on any atom is 0.222 e. The van der Waals surface area contributed by atoms with Crippen LogP contribution in [0.3, 0.4) is 0 Å². The molecule has 1 saturated carbocycles. The lowest BCUT2D eigenvalue weighted by atomic mass is 9.95. The van der Waals surface area contributed by atoms with E-state index in [-0.39, 0.29) is 47.0 Å². The van der Waals surface area contributed by atoms with Gasteiger partial charge in [0.2, 0.25) is 5.91 Å². The molecule has 7 heteroatoms. The zero-order chi connectivity index (χ0) is 18.3. The maximum atomic E-state index is 14.1. The standard InChI is InChI=1S/C19H29FN4O.HI/c1-4-21-18(23-12-11-22-17(25)14(2)3)24-13-19(9-10-19)15-7-5-6-8-16(15)20;/h5-8,14H,4,9-13H2,1-3H3,(H,22,25)(H2,21,23,24);1H. The van der Waals surface area contributed by atoms with E-state index in [9.17, 15) is 9.18 Å². The normalized spacial score (nSPS) is 15.2. The second kappa shape index (κ2) is 10.7. The number of amides is 1. The Kier molecular flexibility index (Phi) is 9.32. The topological polar surface area (TPSA) is 65.5 Å². The molecule has 1 aliphatic rings. The van der Waals surface area contributed by atoms with Crippen molar-refractivity contribution in [3.8, 4) is 0 Å². The molecule has 0 saturated heterocycles. The smallest absolute Gasteiger partial charge is 0.222 e. The lowest BCUT2D eigenvalue weighted by Gasteiger charge is -2.17. The average molecular weight is 476 g/mol. The van der Waals surface area contributed by atoms with Crippen molar-refractivity contribution in [3.05, 3.63) is 35.6 Å². The molecular weight excluding hydrogens is 446 g/mol. The summed E-state index contributed by atoms with van der Waals surface area (Å²) in [7, 11) is 0. The Morgan fingerprint density at radius 1 is 1.19 bits per heavy atom. The summed E-state index contributed by atoms with van der Waals surface area (Å²) in [5.41, 5.74) is 0.596. The minimum atomic E-state index is -0.167. The molecule has 0 bridgehead atoms. The van der Waals surface area contributed by atoms with Crippen molar-refractivity contribution >= 4 is 35.8 Å². The van der Waals surface area contributed by atoms with Gasteiger partial charge >= 0.3 is 0 Å². The van der Waals surface area contributed by atoms with Gasteiger partial charge in [0.15, 0.2) is 5.96 Å². The summed E-state index contributed by atoms with van der Waals surface area (Å²) in [6.45, 7) is 8.18. The van der Waals surface area contributed by atoms with Gasteiger partial charge in [-0.2, -0.15) is 0 Å². The summed E-state index contributed by atoms with van der Waals surface area (Å²) in [6, 6.07) is 6.97. The number of rotatable bonds is 8. The molecular formula is C19H30FIN4O. The van der Waals surface area contributed by atoms with Crippen molar-refractivity contribution in [2.45, 2.75) is 39.0 Å². The summed E-state index contributed by atoms with van der Waals surface area (Å²) in [6.07, 6.45) is 1.92. The van der Waals surface area contributed by atoms with E-state index in [1.807, 2.05) is 32.9 Å². The first-order valence-corrected chi connectivity index (χ1v) is 9.03. The predicted molar refractivity (Wildman–Crippen MR) is 115 cm³/mol. The SMILES string of the molecule is CCNC(=NCC1(c2ccccc2F)CC1)NCCNC(=O)C(C)C.I. The van der Waals surface area contributed by atoms with Gasteiger partial charge in [-0.25, -0.2) is 4.39 Å². The highest BCUT2D eigenvalue weighted by Crippen LogP contribution is 2.49. The van der Waals surface area contributed by atoms with Gasteiger partial charge in [0.05, 0.1) is 6.54 Å². The largest absolute Gasteiger partial charge is 0.357 e. The monoisotopic (exact) mass is 476 g/mol. The van der Waals surface area contributed by atoms with Crippen LogP contribution in [0.25, 0.3) is 0 Å². The van der Waals surface area contributed by atoms with Crippen LogP contribution in [0, 0.1) is 11.7 Å². The molecule has 0 heterocycles. The van der Waals surface area contributed by atoms with Crippen LogP contribution < -0.4 is 16.0 Å². The molecule has 1 amide bonds. The molecule has 0 atom stereocenters. The molecule has 0 radical (unpaired) electrons. The van der Waals surface area contributed by atoms with E-state index in [4.69, 9.17) is 0 Å². The summed E-state index contributed by atoms with van der Waals surface area (Å²) in [5.74, 6) is 0.575. The molecule has 2 rings (SSSR count). The Labute approximate surface area is 172 Å². The number of nitrogens with zero attached hydrogens (tertiary/aromatic N) is 1. The molecule has 0 aliphatic heterocycles. The molecule has 26 heavy (non-hydrogen) atoms. The number of hydrogen-bond donors (Lipinski definition) is 3. The highest BCUT2D eigenvalue weighted by molar-refractivity contribution is 14.0. The van der Waals surface area contributed by atoms with E-state index < -0.39 is 0 Å². The van der Waals surface area contributed by atoms with Crippen LogP contribution in [0.5, 0.6) is 0 Å². The third-order valence-corrected chi connectivity index (χ3v) is 4.42. The third kappa shape index (κ3) is 6.41. The molecule has 1 aromatic carbocycles. The number of guanidine groups is 1. The van der Waals surface area contributed by atoms with Gasteiger partial charge in [-0.15, -0.1) is 24.0 Å². The number of nitrogens with one attached hydrogen (secondary N) is 3. The van der Waals surface area contributed by atoms with Gasteiger partial charge in [0.25, 0.3) is 0 Å². The highest BCUT2D eigenvalue weighted by atomic mass is 127. The molecule has 5 nitrogen and oxygen atoms in total. The molecule has 0 spiro atoms. The Morgan fingerprint density at radius 2 is 1.85 bits per heavy atom. The van der Waals surface area contributed by atoms with E-state index in [0.29, 0.717) is 25.6 Å². The molecule has 0 unspecified atom stereocenters. The zero-order valence-electron chi connectivity index (χ0n) is 15.8. The van der Waals surface area contributed by atoms with Crippen LogP contribution in [0.15, 0.2) is 29.3 Å². The van der Waals surface area contributed by atoms with Crippen LogP contribution in [0.4, 0.5) is 4.39 Å². The van der Waals surface area contributed by atoms with Gasteiger partial charge in [-0.3, -0.25) is 9.79 Å². The first-order valence-electron chi connectivity index (χ1n) is 9.03. The number of halogens is 2. The molecule has 146 valence electrons. The predicted octanol–water partition coefficient (Wildman–Crippen LogP) is 2.80. The van der Waals surface area contributed by atoms with Gasteiger partial charge in [-0.05, 0) is 31.4 Å². The minimum Gasteiger partial charge on any atom is -0.357 e. The van der Waals surface area contributed by atoms with E-state index in [1.165, 1.54) is 6.07 Å². The number of hydrogen-bond acceptors (Lipinski definition) is 2. The fourth-order valence-electron chi connectivity index (χ4n) is 2.70. The zero-order valence-corrected chi connectivity index (χ0v) is 18.1. The van der Waals surface area contributed by atoms with Crippen molar-refractivity contribution in [1.82, 2.24) is 16.0 Å². The number of carbonyl (C=O) groups is 1. The summed E-state index contributed by atoms with van der Waals surface area (Å²) >= 11 is 0. The summed E-state index contributed by atoms with van der Waals surface area (Å²) in [4.78, 5) is 16.2. The Morgan fingerprint density at radius 3 is 2.42 bits per heavy atom. The van der Waals surface area contributed by atoms with Crippen molar-refractivity contribution in [2.24, 2.45) is 10.9 Å². The second-order valence-corrected chi connectivity index (χ2v) is 6.83. The van der Waals surface area contributed by atoms with Crippen molar-refractivity contribution in [3.63, 3.8) is 0 Å². The van der Waals surface area contributed by atoms with E-state index in [2.05, 4.69) is 20.9 Å². The van der Waals surface area contributed by atoms with Crippen molar-refractivity contribution in [2.75, 3.05) is 26.2 Å². The third-order valence-electron chi connectivity index (χ3n) is 4.42. The first-order chi connectivity index (χ1) is 12.0. The molecule has 1 aromatic rings. The fraction of sp³-hybridized carbons (Fsp3) is 0.579. The summed E-state index contributed by atoms with van der Waals surface area (Å²) in [5, 5.41) is 9.27. The minimum absolute atomic E-state index is 0. The van der Waals surface area contributed by atoms with E-state index in [1.54, 1.807) is 6.07 Å². The van der Waals surface area contributed by atoms with Crippen LogP contribution in [0.1, 0.15) is 39.2 Å². The van der Waals surface area contributed by atoms with Crippen molar-refractivity contribution in [1.29, 1.82) is 0 Å². The van der Waals surface area contributed by atoms with Gasteiger partial charge < -0.3 is 16.0 Å². The second-order valence-electron chi connectivity index (χ2n) is 6.83. The fourth-order valence-corrected chi connectivity index (χ4v) is 2.70. The maximum absolute atomic E-state index is 14.1. The van der Waals surface area contributed by atoms with Crippen LogP contribution >= 0.6 is 24.0 Å². The molecule has 1 fully saturated rings. The summed E-state index contributed by atoms with van der Waals surface area (Å²) < 4.78 is 14.1. The van der Waals surface area contributed by atoms with Crippen molar-refractivity contribution < 1.29 is 9.18 Å². The van der Waals surface area contributed by atoms with Crippen LogP contribution in [-0.2, 0) is 10.2 Å². The quantitative estimate of drug-likeness (QED) is 0.234. The number of aliphatic imine (C=N–C) groups is 1. The number of carbonyl (C=O) groups excluding carboxylic acids is 1. The van der Waals surface area contributed by atoms with Gasteiger partial charge in [-0.1, -0.05) is 32.0 Å². The lowest BCUT2D eigenvalue weighted by molar-refractivity contribution is -0.123. The number of benzene rings is 1. The Hall–Kier alpha value is -1.38. The Balaban J connectivity index is 0.00000338.